The zero-order valence-electron chi connectivity index (χ0n) is 14.4. The third kappa shape index (κ3) is 4.28. The molecule has 2 N–H and O–H groups in total. The Morgan fingerprint density at radius 1 is 1.13 bits per heavy atom. The van der Waals surface area contributed by atoms with Crippen LogP contribution in [0.4, 0.5) is 11.6 Å². The quantitative estimate of drug-likeness (QED) is 0.879. The standard InChI is InChI=1S/C18H24N4O/c1-6-14(5)21-18-19-9-15(10-20-18)17(23)22-16-12(3)7-11(2)8-13(16)4/h7-10,14H,6H2,1-5H3,(H,22,23)(H,19,20,21). The number of nitrogens with one attached hydrogen (secondary N) is 2. The molecule has 2 rings (SSSR count). The average molecular weight is 312 g/mol. The Morgan fingerprint density at radius 3 is 2.22 bits per heavy atom. The normalized spacial score (nSPS) is 11.9. The summed E-state index contributed by atoms with van der Waals surface area (Å²) in [5, 5.41) is 6.13. The SMILES string of the molecule is CCC(C)Nc1ncc(C(=O)Nc2c(C)cc(C)cc2C)cn1. The molecule has 1 unspecified atom stereocenters. The number of amides is 1. The fourth-order valence-electron chi connectivity index (χ4n) is 2.41. The van der Waals surface area contributed by atoms with Crippen molar-refractivity contribution in [3.8, 4) is 0 Å². The van der Waals surface area contributed by atoms with Gasteiger partial charge in [-0.25, -0.2) is 9.97 Å². The molecule has 0 aliphatic carbocycles. The number of anilines is 2. The van der Waals surface area contributed by atoms with Crippen LogP contribution in [0.15, 0.2) is 24.5 Å². The van der Waals surface area contributed by atoms with Crippen molar-refractivity contribution in [1.29, 1.82) is 0 Å². The molecule has 0 spiro atoms. The number of nitrogens with zero attached hydrogens (tertiary/aromatic N) is 2. The number of aryl methyl sites for hydroxylation is 3. The molecule has 0 fully saturated rings. The van der Waals surface area contributed by atoms with Crippen molar-refractivity contribution in [2.24, 2.45) is 0 Å². The summed E-state index contributed by atoms with van der Waals surface area (Å²) < 4.78 is 0. The largest absolute Gasteiger partial charge is 0.352 e. The topological polar surface area (TPSA) is 66.9 Å². The molecule has 0 saturated heterocycles. The van der Waals surface area contributed by atoms with E-state index in [1.165, 1.54) is 5.56 Å². The molecule has 2 aromatic rings. The van der Waals surface area contributed by atoms with Gasteiger partial charge in [0.15, 0.2) is 0 Å². The number of hydrogen-bond donors (Lipinski definition) is 2. The number of rotatable bonds is 5. The molecule has 1 aromatic heterocycles. The van der Waals surface area contributed by atoms with Gasteiger partial charge in [-0.3, -0.25) is 4.79 Å². The van der Waals surface area contributed by atoms with Gasteiger partial charge in [-0.05, 0) is 45.2 Å². The van der Waals surface area contributed by atoms with Crippen molar-refractivity contribution in [2.45, 2.75) is 47.1 Å². The minimum atomic E-state index is -0.199. The van der Waals surface area contributed by atoms with Gasteiger partial charge in [0.1, 0.15) is 0 Å². The highest BCUT2D eigenvalue weighted by atomic mass is 16.1. The summed E-state index contributed by atoms with van der Waals surface area (Å²) in [7, 11) is 0. The molecular weight excluding hydrogens is 288 g/mol. The van der Waals surface area contributed by atoms with Crippen LogP contribution in [0.25, 0.3) is 0 Å². The first-order valence-corrected chi connectivity index (χ1v) is 7.88. The van der Waals surface area contributed by atoms with E-state index in [-0.39, 0.29) is 5.91 Å². The lowest BCUT2D eigenvalue weighted by Crippen LogP contribution is -2.17. The van der Waals surface area contributed by atoms with Crippen molar-refractivity contribution in [3.63, 3.8) is 0 Å². The van der Waals surface area contributed by atoms with Crippen LogP contribution in [-0.4, -0.2) is 21.9 Å². The second-order valence-corrected chi connectivity index (χ2v) is 5.98. The Morgan fingerprint density at radius 2 is 1.70 bits per heavy atom. The molecule has 23 heavy (non-hydrogen) atoms. The van der Waals surface area contributed by atoms with E-state index in [0.717, 1.165) is 23.2 Å². The van der Waals surface area contributed by atoms with E-state index in [1.54, 1.807) is 12.4 Å². The van der Waals surface area contributed by atoms with E-state index in [2.05, 4.69) is 46.6 Å². The fraction of sp³-hybridized carbons (Fsp3) is 0.389. The van der Waals surface area contributed by atoms with Crippen molar-refractivity contribution in [2.75, 3.05) is 10.6 Å². The highest BCUT2D eigenvalue weighted by Crippen LogP contribution is 2.22. The number of aromatic nitrogens is 2. The van der Waals surface area contributed by atoms with Crippen LogP contribution in [0, 0.1) is 20.8 Å². The van der Waals surface area contributed by atoms with Crippen LogP contribution in [0.3, 0.4) is 0 Å². The second kappa shape index (κ2) is 7.22. The molecule has 1 heterocycles. The first-order chi connectivity index (χ1) is 10.9. The monoisotopic (exact) mass is 312 g/mol. The maximum Gasteiger partial charge on any atom is 0.258 e. The molecule has 0 aliphatic heterocycles. The lowest BCUT2D eigenvalue weighted by atomic mass is 10.0. The Kier molecular flexibility index (Phi) is 5.32. The van der Waals surface area contributed by atoms with Gasteiger partial charge in [0.25, 0.3) is 5.91 Å². The molecule has 0 radical (unpaired) electrons. The van der Waals surface area contributed by atoms with E-state index in [9.17, 15) is 4.79 Å². The fourth-order valence-corrected chi connectivity index (χ4v) is 2.41. The third-order valence-corrected chi connectivity index (χ3v) is 3.82. The summed E-state index contributed by atoms with van der Waals surface area (Å²) in [4.78, 5) is 20.8. The van der Waals surface area contributed by atoms with Gasteiger partial charge in [-0.1, -0.05) is 24.6 Å². The summed E-state index contributed by atoms with van der Waals surface area (Å²) in [6, 6.07) is 4.41. The van der Waals surface area contributed by atoms with Gasteiger partial charge in [0.2, 0.25) is 5.95 Å². The van der Waals surface area contributed by atoms with Crippen LogP contribution in [0.2, 0.25) is 0 Å². The van der Waals surface area contributed by atoms with Crippen LogP contribution in [-0.2, 0) is 0 Å². The van der Waals surface area contributed by atoms with E-state index in [0.29, 0.717) is 17.6 Å². The molecule has 5 heteroatoms. The van der Waals surface area contributed by atoms with Gasteiger partial charge in [0, 0.05) is 24.1 Å². The predicted octanol–water partition coefficient (Wildman–Crippen LogP) is 3.86. The molecule has 1 amide bonds. The van der Waals surface area contributed by atoms with E-state index < -0.39 is 0 Å². The Balaban J connectivity index is 2.12. The summed E-state index contributed by atoms with van der Waals surface area (Å²) in [5.74, 6) is 0.341. The van der Waals surface area contributed by atoms with Crippen LogP contribution >= 0.6 is 0 Å². The molecule has 122 valence electrons. The number of hydrogen-bond acceptors (Lipinski definition) is 4. The molecule has 5 nitrogen and oxygen atoms in total. The summed E-state index contributed by atoms with van der Waals surface area (Å²) in [6.07, 6.45) is 4.08. The first-order valence-electron chi connectivity index (χ1n) is 7.88. The lowest BCUT2D eigenvalue weighted by molar-refractivity contribution is 0.102. The van der Waals surface area contributed by atoms with Crippen molar-refractivity contribution in [3.05, 3.63) is 46.8 Å². The maximum absolute atomic E-state index is 12.4. The maximum atomic E-state index is 12.4. The Labute approximate surface area is 137 Å². The molecule has 1 atom stereocenters. The van der Waals surface area contributed by atoms with Crippen molar-refractivity contribution in [1.82, 2.24) is 9.97 Å². The zero-order valence-corrected chi connectivity index (χ0v) is 14.4. The molecule has 0 saturated carbocycles. The number of benzene rings is 1. The molecule has 1 aromatic carbocycles. The van der Waals surface area contributed by atoms with Gasteiger partial charge < -0.3 is 10.6 Å². The minimum absolute atomic E-state index is 0.199. The van der Waals surface area contributed by atoms with E-state index >= 15 is 0 Å². The summed E-state index contributed by atoms with van der Waals surface area (Å²) >= 11 is 0. The van der Waals surface area contributed by atoms with Crippen LogP contribution in [0.1, 0.15) is 47.3 Å². The molecule has 0 bridgehead atoms. The zero-order chi connectivity index (χ0) is 17.0. The highest BCUT2D eigenvalue weighted by molar-refractivity contribution is 6.04. The molecule has 0 aliphatic rings. The summed E-state index contributed by atoms with van der Waals surface area (Å²) in [5.41, 5.74) is 4.57. The average Bonchev–Trinajstić information content (AvgIpc) is 2.51. The van der Waals surface area contributed by atoms with Gasteiger partial charge in [-0.2, -0.15) is 0 Å². The van der Waals surface area contributed by atoms with Crippen LogP contribution < -0.4 is 10.6 Å². The van der Waals surface area contributed by atoms with E-state index in [4.69, 9.17) is 0 Å². The van der Waals surface area contributed by atoms with E-state index in [1.807, 2.05) is 20.8 Å². The van der Waals surface area contributed by atoms with Crippen molar-refractivity contribution >= 4 is 17.5 Å². The number of carbonyl (C=O) groups is 1. The van der Waals surface area contributed by atoms with Crippen molar-refractivity contribution < 1.29 is 4.79 Å². The third-order valence-electron chi connectivity index (χ3n) is 3.82. The number of carbonyl (C=O) groups excluding carboxylic acids is 1. The predicted molar refractivity (Wildman–Crippen MR) is 94.0 cm³/mol. The molecular formula is C18H24N4O. The lowest BCUT2D eigenvalue weighted by Gasteiger charge is -2.13. The van der Waals surface area contributed by atoms with Gasteiger partial charge in [-0.15, -0.1) is 0 Å². The second-order valence-electron chi connectivity index (χ2n) is 5.98. The smallest absolute Gasteiger partial charge is 0.258 e. The Hall–Kier alpha value is -2.43. The van der Waals surface area contributed by atoms with Crippen LogP contribution in [0.5, 0.6) is 0 Å². The summed E-state index contributed by atoms with van der Waals surface area (Å²) in [6.45, 7) is 10.2. The highest BCUT2D eigenvalue weighted by Gasteiger charge is 2.12. The Bertz CT molecular complexity index is 672. The van der Waals surface area contributed by atoms with Gasteiger partial charge in [0.05, 0.1) is 5.56 Å². The first kappa shape index (κ1) is 16.9. The van der Waals surface area contributed by atoms with Gasteiger partial charge >= 0.3 is 0 Å². The minimum Gasteiger partial charge on any atom is -0.352 e.